The van der Waals surface area contributed by atoms with Crippen molar-refractivity contribution in [3.05, 3.63) is 322 Å². The summed E-state index contributed by atoms with van der Waals surface area (Å²) >= 11 is 0. The molecule has 0 fully saturated rings. The largest absolute Gasteiger partial charge is 0.311 e. The highest BCUT2D eigenvalue weighted by Crippen LogP contribution is 2.44. The van der Waals surface area contributed by atoms with Gasteiger partial charge >= 0.3 is 0 Å². The highest BCUT2D eigenvalue weighted by molar-refractivity contribution is 6.25. The molecule has 0 spiro atoms. The van der Waals surface area contributed by atoms with Crippen LogP contribution in [0.2, 0.25) is 0 Å². The van der Waals surface area contributed by atoms with Crippen LogP contribution in [-0.2, 0) is 0 Å². The van der Waals surface area contributed by atoms with E-state index in [0.29, 0.717) is 0 Å². The zero-order valence-electron chi connectivity index (χ0n) is 44.4. The Morgan fingerprint density at radius 2 is 0.469 bits per heavy atom. The molecular formula is C78H53N3. The highest BCUT2D eigenvalue weighted by atomic mass is 15.1. The first-order valence-electron chi connectivity index (χ1n) is 27.8. The van der Waals surface area contributed by atoms with E-state index < -0.39 is 0 Å². The Labute approximate surface area is 471 Å². The maximum Gasteiger partial charge on any atom is 0.0542 e. The van der Waals surface area contributed by atoms with E-state index in [1.807, 2.05) is 0 Å². The highest BCUT2D eigenvalue weighted by Gasteiger charge is 2.21. The smallest absolute Gasteiger partial charge is 0.0542 e. The van der Waals surface area contributed by atoms with E-state index in [2.05, 4.69) is 336 Å². The Morgan fingerprint density at radius 3 is 0.914 bits per heavy atom. The van der Waals surface area contributed by atoms with Crippen LogP contribution >= 0.6 is 0 Å². The van der Waals surface area contributed by atoms with E-state index in [1.54, 1.807) is 0 Å². The average Bonchev–Trinajstić information content (AvgIpc) is 3.80. The molecule has 14 aromatic carbocycles. The number of rotatable bonds is 11. The zero-order chi connectivity index (χ0) is 53.6. The second-order valence-electron chi connectivity index (χ2n) is 20.9. The van der Waals surface area contributed by atoms with Gasteiger partial charge in [-0.1, -0.05) is 218 Å². The van der Waals surface area contributed by atoms with Gasteiger partial charge in [0, 0.05) is 50.6 Å². The Hall–Kier alpha value is -10.7. The third kappa shape index (κ3) is 8.66. The van der Waals surface area contributed by atoms with Gasteiger partial charge in [-0.3, -0.25) is 0 Å². The van der Waals surface area contributed by atoms with Crippen molar-refractivity contribution in [2.24, 2.45) is 0 Å². The molecule has 3 nitrogen and oxygen atoms in total. The van der Waals surface area contributed by atoms with Gasteiger partial charge in [0.05, 0.1) is 11.0 Å². The number of hydrogen-bond acceptors (Lipinski definition) is 2. The number of aromatic nitrogens is 1. The van der Waals surface area contributed by atoms with Crippen LogP contribution in [0.15, 0.2) is 322 Å². The molecule has 0 unspecified atom stereocenters. The van der Waals surface area contributed by atoms with E-state index >= 15 is 0 Å². The molecule has 0 aliphatic carbocycles. The first kappa shape index (κ1) is 47.5. The van der Waals surface area contributed by atoms with Gasteiger partial charge in [-0.05, 0) is 180 Å². The number of anilines is 6. The average molecular weight is 1030 g/mol. The zero-order valence-corrected chi connectivity index (χ0v) is 44.4. The van der Waals surface area contributed by atoms with Crippen molar-refractivity contribution in [1.29, 1.82) is 0 Å². The molecule has 1 heterocycles. The summed E-state index contributed by atoms with van der Waals surface area (Å²) in [4.78, 5) is 4.73. The molecule has 380 valence electrons. The molecule has 0 aliphatic rings. The number of fused-ring (bicyclic) bond motifs is 9. The van der Waals surface area contributed by atoms with Crippen molar-refractivity contribution >= 4 is 88.2 Å². The normalized spacial score (nSPS) is 11.5. The topological polar surface area (TPSA) is 11.4 Å². The summed E-state index contributed by atoms with van der Waals surface area (Å²) in [6.45, 7) is 0. The molecule has 0 saturated carbocycles. The number of benzene rings is 14. The maximum absolute atomic E-state index is 2.47. The molecule has 15 rings (SSSR count). The van der Waals surface area contributed by atoms with Crippen molar-refractivity contribution in [3.63, 3.8) is 0 Å². The quantitative estimate of drug-likeness (QED) is 0.120. The standard InChI is InChI=1S/C78H53N3/c1-5-17-54(18-6-1)57-29-38-63(39-30-57)79(62-23-11-4-12-24-62)64-44-35-60(36-45-64)61-37-49-77-75(51-61)76-53-67(47-50-78(76)81(77)68-46-48-73-71-27-14-13-25-69(71)70-26-15-16-28-72(70)74(73)52-68)80(65-40-31-58(32-41-65)55-19-7-2-8-20-55)66-42-33-59(34-43-66)56-21-9-3-10-22-56/h1-53H. The van der Waals surface area contributed by atoms with Crippen LogP contribution in [0.3, 0.4) is 0 Å². The summed E-state index contributed by atoms with van der Waals surface area (Å²) in [5.41, 5.74) is 19.4. The summed E-state index contributed by atoms with van der Waals surface area (Å²) in [6, 6.07) is 117. The van der Waals surface area contributed by atoms with Crippen molar-refractivity contribution < 1.29 is 0 Å². The van der Waals surface area contributed by atoms with Gasteiger partial charge in [0.15, 0.2) is 0 Å². The lowest BCUT2D eigenvalue weighted by atomic mass is 9.94. The van der Waals surface area contributed by atoms with Crippen molar-refractivity contribution in [2.75, 3.05) is 9.80 Å². The summed E-state index contributed by atoms with van der Waals surface area (Å²) in [6.07, 6.45) is 0. The Kier molecular flexibility index (Phi) is 11.9. The lowest BCUT2D eigenvalue weighted by molar-refractivity contribution is 1.18. The van der Waals surface area contributed by atoms with E-state index in [-0.39, 0.29) is 0 Å². The molecular weight excluding hydrogens is 979 g/mol. The van der Waals surface area contributed by atoms with Crippen LogP contribution in [0.4, 0.5) is 34.1 Å². The van der Waals surface area contributed by atoms with Gasteiger partial charge < -0.3 is 14.4 Å². The molecule has 81 heavy (non-hydrogen) atoms. The molecule has 3 heteroatoms. The molecule has 0 aliphatic heterocycles. The van der Waals surface area contributed by atoms with Crippen LogP contribution in [0, 0.1) is 0 Å². The van der Waals surface area contributed by atoms with Gasteiger partial charge in [-0.2, -0.15) is 0 Å². The fourth-order valence-corrected chi connectivity index (χ4v) is 12.2. The lowest BCUT2D eigenvalue weighted by Gasteiger charge is -2.26. The molecule has 0 amide bonds. The minimum atomic E-state index is 1.07. The maximum atomic E-state index is 2.47. The predicted molar refractivity (Wildman–Crippen MR) is 344 cm³/mol. The van der Waals surface area contributed by atoms with Gasteiger partial charge in [0.25, 0.3) is 0 Å². The summed E-state index contributed by atoms with van der Waals surface area (Å²) < 4.78 is 2.47. The van der Waals surface area contributed by atoms with Crippen molar-refractivity contribution in [1.82, 2.24) is 4.57 Å². The molecule has 15 aromatic rings. The first-order chi connectivity index (χ1) is 40.2. The number of hydrogen-bond donors (Lipinski definition) is 0. The second kappa shape index (κ2) is 20.2. The molecule has 0 atom stereocenters. The molecule has 0 saturated heterocycles. The fourth-order valence-electron chi connectivity index (χ4n) is 12.2. The van der Waals surface area contributed by atoms with Crippen molar-refractivity contribution in [3.8, 4) is 50.2 Å². The molecule has 0 bridgehead atoms. The first-order valence-corrected chi connectivity index (χ1v) is 27.8. The Balaban J connectivity index is 0.892. The minimum Gasteiger partial charge on any atom is -0.311 e. The van der Waals surface area contributed by atoms with Crippen molar-refractivity contribution in [2.45, 2.75) is 0 Å². The summed E-state index contributed by atoms with van der Waals surface area (Å²) in [5, 5.41) is 9.91. The fraction of sp³-hybridized carbons (Fsp3) is 0. The van der Waals surface area contributed by atoms with Crippen LogP contribution in [0.1, 0.15) is 0 Å². The van der Waals surface area contributed by atoms with E-state index in [0.717, 1.165) is 62.0 Å². The van der Waals surface area contributed by atoms with Gasteiger partial charge in [0.2, 0.25) is 0 Å². The minimum absolute atomic E-state index is 1.07. The summed E-state index contributed by atoms with van der Waals surface area (Å²) in [7, 11) is 0. The molecule has 0 radical (unpaired) electrons. The Morgan fingerprint density at radius 1 is 0.173 bits per heavy atom. The number of nitrogens with zero attached hydrogens (tertiary/aromatic N) is 3. The number of para-hydroxylation sites is 1. The van der Waals surface area contributed by atoms with Gasteiger partial charge in [-0.15, -0.1) is 0 Å². The van der Waals surface area contributed by atoms with E-state index in [9.17, 15) is 0 Å². The monoisotopic (exact) mass is 1030 g/mol. The van der Waals surface area contributed by atoms with Gasteiger partial charge in [-0.25, -0.2) is 0 Å². The van der Waals surface area contributed by atoms with E-state index in [4.69, 9.17) is 0 Å². The second-order valence-corrected chi connectivity index (χ2v) is 20.9. The van der Waals surface area contributed by atoms with Crippen LogP contribution in [-0.4, -0.2) is 4.57 Å². The lowest BCUT2D eigenvalue weighted by Crippen LogP contribution is -2.10. The van der Waals surface area contributed by atoms with Crippen LogP contribution in [0.25, 0.3) is 104 Å². The molecule has 1 aromatic heterocycles. The summed E-state index contributed by atoms with van der Waals surface area (Å²) in [5.74, 6) is 0. The van der Waals surface area contributed by atoms with Gasteiger partial charge in [0.1, 0.15) is 0 Å². The third-order valence-corrected chi connectivity index (χ3v) is 16.2. The third-order valence-electron chi connectivity index (χ3n) is 16.2. The predicted octanol–water partition coefficient (Wildman–Crippen LogP) is 21.9. The molecule has 0 N–H and O–H groups in total. The Bertz CT molecular complexity index is 4630. The van der Waals surface area contributed by atoms with E-state index in [1.165, 1.54) is 76.5 Å². The SMILES string of the molecule is c1ccc(-c2ccc(N(c3ccccc3)c3ccc(-c4ccc5c(c4)c4cc(N(c6ccc(-c7ccccc7)cc6)c6ccc(-c7ccccc7)cc6)ccc4n5-c4ccc5c6ccccc6c6ccccc6c5c4)cc3)cc2)cc1. The van der Waals surface area contributed by atoms with Crippen LogP contribution in [0.5, 0.6) is 0 Å². The van der Waals surface area contributed by atoms with Crippen LogP contribution < -0.4 is 9.80 Å².